The number of nitrogens with one attached hydrogen (secondary N) is 3. The molecule has 1 saturated heterocycles. The van der Waals surface area contributed by atoms with E-state index in [2.05, 4.69) is 16.0 Å². The second kappa shape index (κ2) is 24.3. The minimum absolute atomic E-state index is 0.00532. The number of benzene rings is 2. The lowest BCUT2D eigenvalue weighted by molar-refractivity contribution is -0.172. The molecule has 77 heavy (non-hydrogen) atoms. The molecule has 5 amide bonds. The van der Waals surface area contributed by atoms with Crippen molar-refractivity contribution in [3.05, 3.63) is 97.6 Å². The van der Waals surface area contributed by atoms with Crippen LogP contribution in [0.1, 0.15) is 136 Å². The van der Waals surface area contributed by atoms with Crippen LogP contribution in [0.4, 0.5) is 4.39 Å². The van der Waals surface area contributed by atoms with E-state index in [-0.39, 0.29) is 138 Å². The van der Waals surface area contributed by atoms with E-state index in [1.165, 1.54) is 15.5 Å². The molecule has 8 rings (SSSR count). The Hall–Kier alpha value is -7.32. The van der Waals surface area contributed by atoms with Crippen molar-refractivity contribution < 1.29 is 62.1 Å². The molecule has 0 spiro atoms. The fraction of sp³-hybridized carbons (Fsp3) is 0.491. The fourth-order valence-electron chi connectivity index (χ4n) is 10.9. The molecule has 0 bridgehead atoms. The second-order valence-electron chi connectivity index (χ2n) is 20.6. The Kier molecular flexibility index (Phi) is 17.7. The molecule has 3 aliphatic heterocycles. The zero-order valence-corrected chi connectivity index (χ0v) is 43.7. The van der Waals surface area contributed by atoms with E-state index in [4.69, 9.17) is 14.5 Å². The number of pyridine rings is 2. The zero-order chi connectivity index (χ0) is 55.1. The Bertz CT molecular complexity index is 3100. The van der Waals surface area contributed by atoms with Gasteiger partial charge in [0, 0.05) is 86.1 Å². The van der Waals surface area contributed by atoms with Gasteiger partial charge in [-0.15, -0.1) is 0 Å². The molecule has 2 aromatic heterocycles. The van der Waals surface area contributed by atoms with Crippen molar-refractivity contribution in [1.82, 2.24) is 30.4 Å². The van der Waals surface area contributed by atoms with Gasteiger partial charge in [0.25, 0.3) is 5.56 Å². The van der Waals surface area contributed by atoms with E-state index in [0.29, 0.717) is 77.6 Å². The van der Waals surface area contributed by atoms with Crippen molar-refractivity contribution in [2.45, 2.75) is 135 Å². The second-order valence-corrected chi connectivity index (χ2v) is 20.6. The van der Waals surface area contributed by atoms with E-state index in [9.17, 15) is 53.1 Å². The number of cyclic esters (lactones) is 1. The van der Waals surface area contributed by atoms with Crippen molar-refractivity contribution in [3.63, 3.8) is 0 Å². The molecule has 4 atom stereocenters. The summed E-state index contributed by atoms with van der Waals surface area (Å²) in [7, 11) is 0. The van der Waals surface area contributed by atoms with Crippen molar-refractivity contribution in [3.8, 4) is 11.4 Å². The molecule has 2 aromatic carbocycles. The van der Waals surface area contributed by atoms with Crippen LogP contribution in [0.15, 0.2) is 47.3 Å². The van der Waals surface area contributed by atoms with Crippen LogP contribution in [0.5, 0.6) is 0 Å². The number of carbonyl (C=O) groups excluding carboxylic acids is 9. The summed E-state index contributed by atoms with van der Waals surface area (Å²) < 4.78 is 27.8. The lowest BCUT2D eigenvalue weighted by Crippen LogP contribution is -2.44. The largest absolute Gasteiger partial charge is 0.458 e. The third-order valence-corrected chi connectivity index (χ3v) is 15.2. The number of hydrogen-bond donors (Lipinski definition) is 4. The third kappa shape index (κ3) is 12.4. The van der Waals surface area contributed by atoms with E-state index in [0.717, 1.165) is 11.1 Å². The number of aliphatic hydroxyl groups is 1. The molecule has 4 N–H and O–H groups in total. The fourth-order valence-corrected chi connectivity index (χ4v) is 10.9. The van der Waals surface area contributed by atoms with Crippen LogP contribution in [0, 0.1) is 24.6 Å². The van der Waals surface area contributed by atoms with Crippen LogP contribution in [0.2, 0.25) is 0 Å². The van der Waals surface area contributed by atoms with Crippen LogP contribution in [0.3, 0.4) is 0 Å². The molecule has 0 saturated carbocycles. The molecule has 1 aliphatic carbocycles. The number of ketones is 3. The van der Waals surface area contributed by atoms with Gasteiger partial charge in [-0.2, -0.15) is 0 Å². The number of unbranched alkanes of at least 4 members (excludes halogenated alkanes) is 2. The van der Waals surface area contributed by atoms with Gasteiger partial charge in [-0.25, -0.2) is 14.2 Å². The number of aryl methyl sites for hydroxylation is 1. The molecule has 19 nitrogen and oxygen atoms in total. The highest BCUT2D eigenvalue weighted by molar-refractivity contribution is 6.03. The number of imide groups is 1. The van der Waals surface area contributed by atoms with Crippen molar-refractivity contribution in [1.29, 1.82) is 0 Å². The summed E-state index contributed by atoms with van der Waals surface area (Å²) in [5.74, 6) is -5.04. The number of nitrogens with zero attached hydrogens (tertiary/aromatic N) is 3. The Labute approximate surface area is 444 Å². The average molecular weight is 1060 g/mol. The van der Waals surface area contributed by atoms with Crippen molar-refractivity contribution in [2.75, 3.05) is 32.8 Å². The molecule has 1 fully saturated rings. The summed E-state index contributed by atoms with van der Waals surface area (Å²) in [5, 5.41) is 20.3. The standard InChI is InChI=1S/C57H65FN6O13/c1-4-57(75)42-25-46-52-40(29-64(46)55(73)41(42)30-77-56(57)74)51-44(18-17-39-33(3)43(58)26-45(62-52)50(39)51)61-48(69)31-76-21-11-15-37(66)27-60-53(71)35(23-34-12-7-5-8-13-34)24-38(67)28-59-47(68)19-16-36(65)14-9-6-10-20-63-49(70)22-32(2)54(63)72/h5,7-8,12-13,25-26,32,35,44,75H,4,6,9-11,14-24,27-31H2,1-3H3,(H,59,68)(H,60,71)(H,61,69)/t32?,35-,44+,57+/m1/s1. The first-order valence-corrected chi connectivity index (χ1v) is 26.5. The highest BCUT2D eigenvalue weighted by atomic mass is 19.1. The highest BCUT2D eigenvalue weighted by Gasteiger charge is 2.46. The highest BCUT2D eigenvalue weighted by Crippen LogP contribution is 2.46. The van der Waals surface area contributed by atoms with Crippen LogP contribution in [-0.2, 0) is 84.2 Å². The summed E-state index contributed by atoms with van der Waals surface area (Å²) >= 11 is 0. The SMILES string of the molecule is CC[C@@]1(O)C(=O)OCc2c1cc1n(c2=O)Cc2c-1nc1cc(F)c(C)c3c1c2[C@@H](NC(=O)COCCCC(=O)CNC(=O)[C@@H](CC(=O)CNC(=O)CCC(=O)CCCCCN1C(=O)CC(C)C1=O)Cc1ccccc1)CC3. The van der Waals surface area contributed by atoms with Gasteiger partial charge in [0.1, 0.15) is 24.8 Å². The van der Waals surface area contributed by atoms with Gasteiger partial charge < -0.3 is 35.1 Å². The molecule has 4 aromatic rings. The molecular formula is C57H65FN6O13. The third-order valence-electron chi connectivity index (χ3n) is 15.2. The monoisotopic (exact) mass is 1060 g/mol. The quantitative estimate of drug-likeness (QED) is 0.0341. The normalized spacial score (nSPS) is 18.6. The van der Waals surface area contributed by atoms with Gasteiger partial charge in [0.15, 0.2) is 17.2 Å². The minimum atomic E-state index is -2.04. The number of ether oxygens (including phenoxy) is 2. The molecule has 0 radical (unpaired) electrons. The molecule has 4 aliphatic rings. The summed E-state index contributed by atoms with van der Waals surface area (Å²) in [6.07, 6.45) is 3.24. The van der Waals surface area contributed by atoms with E-state index < -0.39 is 58.4 Å². The Morgan fingerprint density at radius 3 is 2.39 bits per heavy atom. The number of fused-ring (bicyclic) bond motifs is 5. The average Bonchev–Trinajstić information content (AvgIpc) is 3.95. The number of likely N-dealkylation sites (tertiary alicyclic amines) is 1. The number of esters is 1. The minimum Gasteiger partial charge on any atom is -0.458 e. The van der Waals surface area contributed by atoms with Gasteiger partial charge in [-0.1, -0.05) is 50.6 Å². The van der Waals surface area contributed by atoms with Crippen LogP contribution in [-0.4, -0.2) is 105 Å². The lowest BCUT2D eigenvalue weighted by Gasteiger charge is -2.31. The maximum absolute atomic E-state index is 15.4. The van der Waals surface area contributed by atoms with Gasteiger partial charge in [-0.3, -0.25) is 48.1 Å². The molecule has 5 heterocycles. The molecule has 408 valence electrons. The summed E-state index contributed by atoms with van der Waals surface area (Å²) in [5.41, 5.74) is 2.25. The van der Waals surface area contributed by atoms with Gasteiger partial charge in [0.2, 0.25) is 29.5 Å². The number of carbonyl (C=O) groups is 9. The topological polar surface area (TPSA) is 267 Å². The number of aromatic nitrogens is 2. The van der Waals surface area contributed by atoms with Crippen molar-refractivity contribution in [2.24, 2.45) is 11.8 Å². The van der Waals surface area contributed by atoms with Crippen LogP contribution in [0.25, 0.3) is 22.3 Å². The first-order chi connectivity index (χ1) is 36.9. The summed E-state index contributed by atoms with van der Waals surface area (Å²) in [6.45, 7) is 4.20. The number of rotatable bonds is 26. The first kappa shape index (κ1) is 55.9. The smallest absolute Gasteiger partial charge is 0.343 e. The van der Waals surface area contributed by atoms with Gasteiger partial charge in [0.05, 0.1) is 48.1 Å². The van der Waals surface area contributed by atoms with Crippen LogP contribution >= 0.6 is 0 Å². The number of Topliss-reactive ketones (excluding diaryl/α,β-unsaturated/α-hetero) is 3. The number of hydrogen-bond acceptors (Lipinski definition) is 14. The van der Waals surface area contributed by atoms with Crippen LogP contribution < -0.4 is 21.5 Å². The summed E-state index contributed by atoms with van der Waals surface area (Å²) in [6, 6.07) is 11.4. The predicted octanol–water partition coefficient (Wildman–Crippen LogP) is 4.35. The van der Waals surface area contributed by atoms with Gasteiger partial charge >= 0.3 is 5.97 Å². The number of amides is 5. The summed E-state index contributed by atoms with van der Waals surface area (Å²) in [4.78, 5) is 135. The predicted molar refractivity (Wildman–Crippen MR) is 276 cm³/mol. The Balaban J connectivity index is 0.782. The molecular weight excluding hydrogens is 996 g/mol. The van der Waals surface area contributed by atoms with E-state index >= 15 is 4.39 Å². The van der Waals surface area contributed by atoms with Crippen molar-refractivity contribution >= 4 is 63.8 Å². The lowest BCUT2D eigenvalue weighted by atomic mass is 9.81. The van der Waals surface area contributed by atoms with E-state index in [1.807, 2.05) is 18.2 Å². The van der Waals surface area contributed by atoms with Gasteiger partial charge in [-0.05, 0) is 80.2 Å². The maximum atomic E-state index is 15.4. The Morgan fingerprint density at radius 1 is 0.896 bits per heavy atom. The molecule has 1 unspecified atom stereocenters. The maximum Gasteiger partial charge on any atom is 0.343 e. The first-order valence-electron chi connectivity index (χ1n) is 26.5. The number of halogens is 1. The Morgan fingerprint density at radius 2 is 1.65 bits per heavy atom. The zero-order valence-electron chi connectivity index (χ0n) is 43.7. The molecule has 20 heteroatoms. The van der Waals surface area contributed by atoms with E-state index in [1.54, 1.807) is 39.0 Å².